The van der Waals surface area contributed by atoms with E-state index in [2.05, 4.69) is 0 Å². The van der Waals surface area contributed by atoms with E-state index in [1.54, 1.807) is 12.1 Å². The molecule has 1 aromatic rings. The summed E-state index contributed by atoms with van der Waals surface area (Å²) in [5.74, 6) is -0.00695. The molecular formula is C12H15FO2. The van der Waals surface area contributed by atoms with Crippen molar-refractivity contribution in [1.29, 1.82) is 0 Å². The van der Waals surface area contributed by atoms with Gasteiger partial charge in [-0.15, -0.1) is 0 Å². The summed E-state index contributed by atoms with van der Waals surface area (Å²) in [6, 6.07) is 6.28. The number of aliphatic hydroxyl groups is 1. The van der Waals surface area contributed by atoms with E-state index in [0.717, 1.165) is 18.6 Å². The molecule has 0 spiro atoms. The van der Waals surface area contributed by atoms with Crippen molar-refractivity contribution in [3.8, 4) is 0 Å². The van der Waals surface area contributed by atoms with Crippen LogP contribution >= 0.6 is 0 Å². The van der Waals surface area contributed by atoms with Gasteiger partial charge in [-0.25, -0.2) is 4.39 Å². The van der Waals surface area contributed by atoms with Crippen molar-refractivity contribution >= 4 is 0 Å². The SMILES string of the molecule is OC(Cc1ccc(F)cc1)C1CCOC1. The Morgan fingerprint density at radius 3 is 2.73 bits per heavy atom. The number of aliphatic hydroxyl groups excluding tert-OH is 1. The van der Waals surface area contributed by atoms with E-state index < -0.39 is 0 Å². The topological polar surface area (TPSA) is 29.5 Å². The van der Waals surface area contributed by atoms with Crippen LogP contribution in [0.25, 0.3) is 0 Å². The number of rotatable bonds is 3. The highest BCUT2D eigenvalue weighted by Crippen LogP contribution is 2.19. The van der Waals surface area contributed by atoms with Gasteiger partial charge in [0.2, 0.25) is 0 Å². The minimum absolute atomic E-state index is 0.232. The largest absolute Gasteiger partial charge is 0.392 e. The van der Waals surface area contributed by atoms with Crippen LogP contribution in [-0.4, -0.2) is 24.4 Å². The molecule has 1 saturated heterocycles. The Bertz CT molecular complexity index is 304. The predicted octanol–water partition coefficient (Wildman–Crippen LogP) is 1.77. The third kappa shape index (κ3) is 2.76. The molecule has 2 nitrogen and oxygen atoms in total. The monoisotopic (exact) mass is 210 g/mol. The van der Waals surface area contributed by atoms with Crippen LogP contribution in [0.5, 0.6) is 0 Å². The van der Waals surface area contributed by atoms with E-state index in [9.17, 15) is 9.50 Å². The van der Waals surface area contributed by atoms with Gasteiger partial charge in [-0.2, -0.15) is 0 Å². The van der Waals surface area contributed by atoms with Crippen LogP contribution < -0.4 is 0 Å². The first-order chi connectivity index (χ1) is 7.25. The van der Waals surface area contributed by atoms with E-state index in [0.29, 0.717) is 13.0 Å². The van der Waals surface area contributed by atoms with Crippen molar-refractivity contribution in [3.63, 3.8) is 0 Å². The van der Waals surface area contributed by atoms with Crippen LogP contribution in [-0.2, 0) is 11.2 Å². The van der Waals surface area contributed by atoms with Crippen molar-refractivity contribution in [2.75, 3.05) is 13.2 Å². The Morgan fingerprint density at radius 2 is 2.13 bits per heavy atom. The molecule has 1 aliphatic rings. The van der Waals surface area contributed by atoms with Gasteiger partial charge in [0.25, 0.3) is 0 Å². The fourth-order valence-corrected chi connectivity index (χ4v) is 1.88. The highest BCUT2D eigenvalue weighted by molar-refractivity contribution is 5.17. The molecule has 2 atom stereocenters. The molecule has 2 unspecified atom stereocenters. The zero-order valence-electron chi connectivity index (χ0n) is 8.53. The summed E-state index contributed by atoms with van der Waals surface area (Å²) in [7, 11) is 0. The van der Waals surface area contributed by atoms with Gasteiger partial charge in [0.1, 0.15) is 5.82 Å². The molecular weight excluding hydrogens is 195 g/mol. The summed E-state index contributed by atoms with van der Waals surface area (Å²) in [5, 5.41) is 9.90. The maximum atomic E-state index is 12.6. The van der Waals surface area contributed by atoms with E-state index in [1.165, 1.54) is 12.1 Å². The Labute approximate surface area is 88.7 Å². The van der Waals surface area contributed by atoms with E-state index in [4.69, 9.17) is 4.74 Å². The van der Waals surface area contributed by atoms with Gasteiger partial charge in [-0.05, 0) is 30.5 Å². The molecule has 0 aromatic heterocycles. The number of ether oxygens (including phenoxy) is 1. The Morgan fingerprint density at radius 1 is 1.40 bits per heavy atom. The first-order valence-corrected chi connectivity index (χ1v) is 5.26. The van der Waals surface area contributed by atoms with Crippen LogP contribution in [0.4, 0.5) is 4.39 Å². The molecule has 1 fully saturated rings. The van der Waals surface area contributed by atoms with Gasteiger partial charge >= 0.3 is 0 Å². The second kappa shape index (κ2) is 4.73. The van der Waals surface area contributed by atoms with Crippen LogP contribution in [0, 0.1) is 11.7 Å². The van der Waals surface area contributed by atoms with Gasteiger partial charge < -0.3 is 9.84 Å². The fourth-order valence-electron chi connectivity index (χ4n) is 1.88. The molecule has 1 aromatic carbocycles. The molecule has 0 aliphatic carbocycles. The molecule has 0 bridgehead atoms. The molecule has 3 heteroatoms. The van der Waals surface area contributed by atoms with E-state index >= 15 is 0 Å². The highest BCUT2D eigenvalue weighted by atomic mass is 19.1. The Hall–Kier alpha value is -0.930. The zero-order valence-corrected chi connectivity index (χ0v) is 8.53. The van der Waals surface area contributed by atoms with Crippen molar-refractivity contribution in [3.05, 3.63) is 35.6 Å². The molecule has 2 rings (SSSR count). The minimum atomic E-state index is -0.377. The summed E-state index contributed by atoms with van der Waals surface area (Å²) in [6.45, 7) is 1.38. The number of hydrogen-bond acceptors (Lipinski definition) is 2. The molecule has 15 heavy (non-hydrogen) atoms. The number of hydrogen-bond donors (Lipinski definition) is 1. The molecule has 1 N–H and O–H groups in total. The fraction of sp³-hybridized carbons (Fsp3) is 0.500. The zero-order chi connectivity index (χ0) is 10.7. The van der Waals surface area contributed by atoms with Gasteiger partial charge in [-0.3, -0.25) is 0 Å². The lowest BCUT2D eigenvalue weighted by Gasteiger charge is -2.16. The third-order valence-electron chi connectivity index (χ3n) is 2.87. The summed E-state index contributed by atoms with van der Waals surface area (Å²) < 4.78 is 17.9. The maximum absolute atomic E-state index is 12.6. The Balaban J connectivity index is 1.92. The standard InChI is InChI=1S/C12H15FO2/c13-11-3-1-9(2-4-11)7-12(14)10-5-6-15-8-10/h1-4,10,12,14H,5-8H2. The first-order valence-electron chi connectivity index (χ1n) is 5.26. The van der Waals surface area contributed by atoms with Crippen LogP contribution in [0.15, 0.2) is 24.3 Å². The summed E-state index contributed by atoms with van der Waals surface area (Å²) in [4.78, 5) is 0. The van der Waals surface area contributed by atoms with E-state index in [-0.39, 0.29) is 17.8 Å². The quantitative estimate of drug-likeness (QED) is 0.823. The molecule has 82 valence electrons. The number of benzene rings is 1. The van der Waals surface area contributed by atoms with Gasteiger partial charge in [0.15, 0.2) is 0 Å². The van der Waals surface area contributed by atoms with Gasteiger partial charge in [0, 0.05) is 12.5 Å². The molecule has 1 heterocycles. The Kier molecular flexibility index (Phi) is 3.34. The van der Waals surface area contributed by atoms with Crippen LogP contribution in [0.2, 0.25) is 0 Å². The van der Waals surface area contributed by atoms with Crippen molar-refractivity contribution in [1.82, 2.24) is 0 Å². The maximum Gasteiger partial charge on any atom is 0.123 e. The van der Waals surface area contributed by atoms with Gasteiger partial charge in [-0.1, -0.05) is 12.1 Å². The summed E-state index contributed by atoms with van der Waals surface area (Å²) in [5.41, 5.74) is 0.968. The highest BCUT2D eigenvalue weighted by Gasteiger charge is 2.23. The number of halogens is 1. The average Bonchev–Trinajstić information content (AvgIpc) is 2.74. The lowest BCUT2D eigenvalue weighted by molar-refractivity contribution is 0.0918. The van der Waals surface area contributed by atoms with Gasteiger partial charge in [0.05, 0.1) is 12.7 Å². The first kappa shape index (κ1) is 10.6. The van der Waals surface area contributed by atoms with Crippen molar-refractivity contribution in [2.24, 2.45) is 5.92 Å². The lowest BCUT2D eigenvalue weighted by Crippen LogP contribution is -2.22. The molecule has 0 radical (unpaired) electrons. The van der Waals surface area contributed by atoms with Crippen molar-refractivity contribution < 1.29 is 14.2 Å². The van der Waals surface area contributed by atoms with Crippen molar-refractivity contribution in [2.45, 2.75) is 18.9 Å². The third-order valence-corrected chi connectivity index (χ3v) is 2.87. The predicted molar refractivity (Wildman–Crippen MR) is 55.0 cm³/mol. The second-order valence-corrected chi connectivity index (χ2v) is 4.02. The molecule has 0 amide bonds. The summed E-state index contributed by atoms with van der Waals surface area (Å²) >= 11 is 0. The molecule has 1 aliphatic heterocycles. The van der Waals surface area contributed by atoms with Crippen LogP contribution in [0.3, 0.4) is 0 Å². The van der Waals surface area contributed by atoms with E-state index in [1.807, 2.05) is 0 Å². The normalized spacial score (nSPS) is 22.9. The smallest absolute Gasteiger partial charge is 0.123 e. The average molecular weight is 210 g/mol. The minimum Gasteiger partial charge on any atom is -0.392 e. The second-order valence-electron chi connectivity index (χ2n) is 4.02. The lowest BCUT2D eigenvalue weighted by atomic mass is 9.96. The van der Waals surface area contributed by atoms with Crippen LogP contribution in [0.1, 0.15) is 12.0 Å². The molecule has 0 saturated carbocycles. The summed E-state index contributed by atoms with van der Waals surface area (Å²) in [6.07, 6.45) is 1.12.